The first-order chi connectivity index (χ1) is 5.74. The number of nitrogens with zero attached hydrogens (tertiary/aromatic N) is 2. The molecule has 0 aliphatic rings. The summed E-state index contributed by atoms with van der Waals surface area (Å²) in [6, 6.07) is 0. The van der Waals surface area contributed by atoms with Crippen molar-refractivity contribution in [2.24, 2.45) is 0 Å². The summed E-state index contributed by atoms with van der Waals surface area (Å²) in [5.74, 6) is 0.976. The second-order valence-electron chi connectivity index (χ2n) is 2.61. The van der Waals surface area contributed by atoms with Gasteiger partial charge in [0.25, 0.3) is 0 Å². The summed E-state index contributed by atoms with van der Waals surface area (Å²) in [6.45, 7) is 7.81. The van der Waals surface area contributed by atoms with Gasteiger partial charge in [-0.25, -0.2) is 9.66 Å². The van der Waals surface area contributed by atoms with Crippen LogP contribution in [0.5, 0.6) is 0 Å². The number of aromatic nitrogens is 2. The van der Waals surface area contributed by atoms with Gasteiger partial charge in [0.15, 0.2) is 0 Å². The molecule has 0 saturated carbocycles. The van der Waals surface area contributed by atoms with Crippen LogP contribution >= 0.6 is 0 Å². The third-order valence-corrected chi connectivity index (χ3v) is 1.92. The highest BCUT2D eigenvalue weighted by Gasteiger charge is 2.08. The van der Waals surface area contributed by atoms with Crippen molar-refractivity contribution >= 4 is 6.08 Å². The van der Waals surface area contributed by atoms with Gasteiger partial charge < -0.3 is 5.43 Å². The second kappa shape index (κ2) is 3.43. The number of hydrogen-bond acceptors (Lipinski definition) is 2. The molecule has 0 saturated heterocycles. The maximum Gasteiger partial charge on any atom is 0.125 e. The molecule has 0 aliphatic heterocycles. The highest BCUT2D eigenvalue weighted by Crippen LogP contribution is 2.11. The predicted octanol–water partition coefficient (Wildman–Crippen LogP) is 1.57. The molecular weight excluding hydrogens is 150 g/mol. The average molecular weight is 165 g/mol. The van der Waals surface area contributed by atoms with Crippen LogP contribution in [0, 0.1) is 6.92 Å². The first kappa shape index (κ1) is 8.84. The minimum Gasteiger partial charge on any atom is -0.328 e. The fourth-order valence-electron chi connectivity index (χ4n) is 1.40. The van der Waals surface area contributed by atoms with Crippen LogP contribution in [-0.2, 0) is 6.42 Å². The Hall–Kier alpha value is -1.25. The molecule has 1 heterocycles. The fraction of sp³-hybridized carbons (Fsp3) is 0.444. The minimum atomic E-state index is 0.961. The van der Waals surface area contributed by atoms with Crippen molar-refractivity contribution in [3.63, 3.8) is 0 Å². The van der Waals surface area contributed by atoms with Gasteiger partial charge in [0, 0.05) is 7.05 Å². The molecule has 0 spiro atoms. The zero-order valence-electron chi connectivity index (χ0n) is 7.89. The van der Waals surface area contributed by atoms with Crippen LogP contribution in [-0.4, -0.2) is 16.7 Å². The van der Waals surface area contributed by atoms with E-state index in [1.807, 2.05) is 18.6 Å². The first-order valence-corrected chi connectivity index (χ1v) is 4.13. The average Bonchev–Trinajstić information content (AvgIpc) is 2.40. The van der Waals surface area contributed by atoms with E-state index in [2.05, 4.69) is 23.9 Å². The summed E-state index contributed by atoms with van der Waals surface area (Å²) in [7, 11) is 1.89. The topological polar surface area (TPSA) is 29.9 Å². The van der Waals surface area contributed by atoms with Gasteiger partial charge in [-0.15, -0.1) is 0 Å². The molecule has 0 amide bonds. The van der Waals surface area contributed by atoms with Crippen LogP contribution in [0.4, 0.5) is 0 Å². The van der Waals surface area contributed by atoms with Crippen LogP contribution in [0.1, 0.15) is 24.1 Å². The molecule has 0 radical (unpaired) electrons. The van der Waals surface area contributed by atoms with E-state index in [-0.39, 0.29) is 0 Å². The van der Waals surface area contributed by atoms with Crippen LogP contribution in [0.15, 0.2) is 6.58 Å². The van der Waals surface area contributed by atoms with Gasteiger partial charge in [0.05, 0.1) is 11.4 Å². The summed E-state index contributed by atoms with van der Waals surface area (Å²) in [4.78, 5) is 4.35. The van der Waals surface area contributed by atoms with Crippen molar-refractivity contribution in [1.82, 2.24) is 9.66 Å². The molecule has 0 bridgehead atoms. The van der Waals surface area contributed by atoms with Crippen LogP contribution in [0.25, 0.3) is 6.08 Å². The molecule has 0 atom stereocenters. The number of imidazole rings is 1. The maximum absolute atomic E-state index is 4.35. The normalized spacial score (nSPS) is 9.92. The number of nitrogens with one attached hydrogen (secondary N) is 1. The summed E-state index contributed by atoms with van der Waals surface area (Å²) in [5, 5.41) is 0. The Bertz CT molecular complexity index is 286. The molecule has 1 rings (SSSR count). The zero-order chi connectivity index (χ0) is 9.14. The quantitative estimate of drug-likeness (QED) is 0.736. The molecule has 3 heteroatoms. The Labute approximate surface area is 73.1 Å². The Morgan fingerprint density at radius 1 is 1.67 bits per heavy atom. The van der Waals surface area contributed by atoms with Crippen molar-refractivity contribution < 1.29 is 0 Å². The standard InChI is InChI=1S/C9H15N3/c1-5-8-9(6-2)12(10-4)7(3)11-8/h5,10H,1,6H2,2-4H3. The largest absolute Gasteiger partial charge is 0.328 e. The molecule has 0 aliphatic carbocycles. The van der Waals surface area contributed by atoms with Gasteiger partial charge in [-0.2, -0.15) is 0 Å². The highest BCUT2D eigenvalue weighted by atomic mass is 15.4. The van der Waals surface area contributed by atoms with Gasteiger partial charge in [-0.05, 0) is 19.4 Å². The monoisotopic (exact) mass is 165 g/mol. The van der Waals surface area contributed by atoms with Gasteiger partial charge in [-0.1, -0.05) is 13.5 Å². The maximum atomic E-state index is 4.35. The smallest absolute Gasteiger partial charge is 0.125 e. The lowest BCUT2D eigenvalue weighted by Gasteiger charge is -2.06. The zero-order valence-corrected chi connectivity index (χ0v) is 7.89. The molecule has 12 heavy (non-hydrogen) atoms. The number of aryl methyl sites for hydroxylation is 1. The Kier molecular flexibility index (Phi) is 2.53. The molecule has 1 N–H and O–H groups in total. The van der Waals surface area contributed by atoms with Gasteiger partial charge in [0.1, 0.15) is 5.82 Å². The van der Waals surface area contributed by atoms with Gasteiger partial charge >= 0.3 is 0 Å². The summed E-state index contributed by atoms with van der Waals surface area (Å²) >= 11 is 0. The fourth-order valence-corrected chi connectivity index (χ4v) is 1.40. The number of hydrogen-bond donors (Lipinski definition) is 1. The lowest BCUT2D eigenvalue weighted by atomic mass is 10.2. The third kappa shape index (κ3) is 1.22. The van der Waals surface area contributed by atoms with Crippen molar-refractivity contribution in [3.8, 4) is 0 Å². The second-order valence-corrected chi connectivity index (χ2v) is 2.61. The van der Waals surface area contributed by atoms with Crippen LogP contribution in [0.2, 0.25) is 0 Å². The lowest BCUT2D eigenvalue weighted by molar-refractivity contribution is 0.809. The molecule has 66 valence electrons. The molecule has 1 aromatic heterocycles. The lowest BCUT2D eigenvalue weighted by Crippen LogP contribution is -2.13. The van der Waals surface area contributed by atoms with Gasteiger partial charge in [0.2, 0.25) is 0 Å². The van der Waals surface area contributed by atoms with E-state index < -0.39 is 0 Å². The Balaban J connectivity index is 3.25. The molecule has 3 nitrogen and oxygen atoms in total. The van der Waals surface area contributed by atoms with E-state index in [1.54, 1.807) is 6.08 Å². The van der Waals surface area contributed by atoms with E-state index in [1.165, 1.54) is 5.69 Å². The van der Waals surface area contributed by atoms with Crippen molar-refractivity contribution in [2.75, 3.05) is 12.5 Å². The molecule has 1 aromatic rings. The first-order valence-electron chi connectivity index (χ1n) is 4.13. The Morgan fingerprint density at radius 3 is 2.75 bits per heavy atom. The third-order valence-electron chi connectivity index (χ3n) is 1.92. The van der Waals surface area contributed by atoms with Crippen LogP contribution in [0.3, 0.4) is 0 Å². The minimum absolute atomic E-state index is 0.961. The summed E-state index contributed by atoms with van der Waals surface area (Å²) in [6.07, 6.45) is 2.75. The van der Waals surface area contributed by atoms with E-state index in [0.29, 0.717) is 0 Å². The van der Waals surface area contributed by atoms with E-state index in [0.717, 1.165) is 17.9 Å². The van der Waals surface area contributed by atoms with E-state index in [9.17, 15) is 0 Å². The molecule has 0 fully saturated rings. The highest BCUT2D eigenvalue weighted by molar-refractivity contribution is 5.46. The summed E-state index contributed by atoms with van der Waals surface area (Å²) < 4.78 is 1.98. The van der Waals surface area contributed by atoms with Crippen molar-refractivity contribution in [3.05, 3.63) is 23.8 Å². The molecule has 0 aromatic carbocycles. The summed E-state index contributed by atoms with van der Waals surface area (Å²) in [5.41, 5.74) is 5.24. The van der Waals surface area contributed by atoms with Gasteiger partial charge in [-0.3, -0.25) is 0 Å². The van der Waals surface area contributed by atoms with E-state index >= 15 is 0 Å². The van der Waals surface area contributed by atoms with E-state index in [4.69, 9.17) is 0 Å². The Morgan fingerprint density at radius 2 is 2.33 bits per heavy atom. The van der Waals surface area contributed by atoms with Crippen molar-refractivity contribution in [1.29, 1.82) is 0 Å². The van der Waals surface area contributed by atoms with Crippen LogP contribution < -0.4 is 5.43 Å². The van der Waals surface area contributed by atoms with Crippen molar-refractivity contribution in [2.45, 2.75) is 20.3 Å². The predicted molar refractivity (Wildman–Crippen MR) is 51.7 cm³/mol. The SMILES string of the molecule is C=Cc1nc(C)n(NC)c1CC. The molecule has 0 unspecified atom stereocenters. The number of rotatable bonds is 3. The molecular formula is C9H15N3.